The van der Waals surface area contributed by atoms with E-state index in [-0.39, 0.29) is 16.8 Å². The molecule has 0 radical (unpaired) electrons. The van der Waals surface area contributed by atoms with Gasteiger partial charge >= 0.3 is 24.5 Å². The zero-order chi connectivity index (χ0) is 59.4. The lowest BCUT2D eigenvalue weighted by molar-refractivity contribution is -0.239. The fourth-order valence-corrected chi connectivity index (χ4v) is 9.46. The molecule has 440 valence electrons. The number of piperazine rings is 1. The molecule has 4 amide bonds. The number of piperidine rings is 1. The summed E-state index contributed by atoms with van der Waals surface area (Å²) in [4.78, 5) is 62.3. The number of pyridine rings is 1. The number of fused-ring (bicyclic) bond motifs is 2. The maximum Gasteiger partial charge on any atom is 0.407 e. The van der Waals surface area contributed by atoms with E-state index in [0.29, 0.717) is 62.0 Å². The average Bonchev–Trinajstić information content (AvgIpc) is 3.85. The molecule has 18 nitrogen and oxygen atoms in total. The van der Waals surface area contributed by atoms with Crippen LogP contribution in [0.3, 0.4) is 0 Å². The second-order valence-electron chi connectivity index (χ2n) is 21.0. The average molecular weight is 1160 g/mol. The molecule has 5 N–H and O–H groups in total. The van der Waals surface area contributed by atoms with E-state index in [4.69, 9.17) is 9.47 Å². The van der Waals surface area contributed by atoms with Gasteiger partial charge in [-0.2, -0.15) is 31.4 Å². The number of aliphatic hydroxyl groups is 1. The zero-order valence-corrected chi connectivity index (χ0v) is 44.6. The minimum atomic E-state index is -5.26. The summed E-state index contributed by atoms with van der Waals surface area (Å²) in [6, 6.07) is 9.51. The van der Waals surface area contributed by atoms with Gasteiger partial charge in [-0.05, 0) is 88.6 Å². The van der Waals surface area contributed by atoms with E-state index in [1.165, 1.54) is 18.2 Å². The van der Waals surface area contributed by atoms with E-state index in [2.05, 4.69) is 41.8 Å². The highest BCUT2D eigenvalue weighted by Gasteiger charge is 2.58. The third kappa shape index (κ3) is 14.5. The molecule has 6 heterocycles. The molecule has 8 rings (SSSR count). The minimum absolute atomic E-state index is 0.157. The molecule has 4 fully saturated rings. The summed E-state index contributed by atoms with van der Waals surface area (Å²) in [7, 11) is 1.80. The molecule has 81 heavy (non-hydrogen) atoms. The van der Waals surface area contributed by atoms with E-state index < -0.39 is 121 Å². The van der Waals surface area contributed by atoms with Crippen LogP contribution >= 0.6 is 0 Å². The number of alkyl carbamates (subject to hydrolysis) is 2. The number of amides is 4. The van der Waals surface area contributed by atoms with Gasteiger partial charge in [-0.1, -0.05) is 24.0 Å². The maximum absolute atomic E-state index is 16.1. The molecule has 2 aromatic heterocycles. The Morgan fingerprint density at radius 3 is 2.00 bits per heavy atom. The molecule has 0 aliphatic carbocycles. The van der Waals surface area contributed by atoms with Crippen LogP contribution in [0.2, 0.25) is 0 Å². The van der Waals surface area contributed by atoms with Crippen LogP contribution in [0.25, 0.3) is 11.3 Å². The predicted molar refractivity (Wildman–Crippen MR) is 270 cm³/mol. The fourth-order valence-electron chi connectivity index (χ4n) is 9.46. The van der Waals surface area contributed by atoms with Crippen LogP contribution in [0, 0.1) is 34.3 Å². The number of benzene rings is 2. The first-order chi connectivity index (χ1) is 38.0. The van der Waals surface area contributed by atoms with Gasteiger partial charge in [-0.15, -0.1) is 0 Å². The molecule has 4 aliphatic heterocycles. The largest absolute Gasteiger partial charge is 0.453 e. The van der Waals surface area contributed by atoms with Crippen molar-refractivity contribution in [1.82, 2.24) is 46.0 Å². The molecule has 4 aliphatic rings. The zero-order valence-electron chi connectivity index (χ0n) is 44.6. The standard InChI is InChI=1S/C53H60F10N10O8/c1-50(2,52(58,59)60)44(67-49(78)79-6)46(75)66-40(17-30-10-7-29(8-11-30)9-12-31-13-14-43(65-21-31)70-22-33-20-34(23-70)73(33)35-27-80-28-35)41(74)25-72(69-47(76)45(81-48(77)64-5)51(3,4)53(61,62)63)24-36-37(54)18-32(19-38(36)55)39-15-16-71(68-39)26-42(56)57/h7-8,10-11,13-16,18-19,21,33-35,40-42,44-45,74H,17,20,22-28H2,1-6H3,(H,64,77)(H,66,75)(H,67,78)(H,69,76)/t33-,34-,40-,41-,44+,45+/m0/s1. The van der Waals surface area contributed by atoms with Crippen molar-refractivity contribution in [3.05, 3.63) is 101 Å². The quantitative estimate of drug-likeness (QED) is 0.0386. The number of alkyl halides is 8. The monoisotopic (exact) mass is 1150 g/mol. The normalized spacial score (nSPS) is 18.3. The summed E-state index contributed by atoms with van der Waals surface area (Å²) in [6.45, 7) is 2.27. The van der Waals surface area contributed by atoms with Crippen LogP contribution in [0.15, 0.2) is 67.0 Å². The van der Waals surface area contributed by atoms with Crippen LogP contribution in [0.4, 0.5) is 59.3 Å². The second kappa shape index (κ2) is 24.9. The van der Waals surface area contributed by atoms with E-state index in [1.807, 2.05) is 28.2 Å². The van der Waals surface area contributed by atoms with Crippen molar-refractivity contribution in [2.24, 2.45) is 10.8 Å². The van der Waals surface area contributed by atoms with Crippen molar-refractivity contribution >= 4 is 29.8 Å². The van der Waals surface area contributed by atoms with Crippen molar-refractivity contribution < 1.29 is 82.4 Å². The molecule has 4 aromatic rings. The highest BCUT2D eigenvalue weighted by atomic mass is 19.4. The summed E-state index contributed by atoms with van der Waals surface area (Å²) in [5, 5.41) is 22.5. The summed E-state index contributed by atoms with van der Waals surface area (Å²) in [6.07, 6.45) is -17.7. The molecule has 28 heteroatoms. The number of ether oxygens (including phenoxy) is 3. The number of anilines is 1. The van der Waals surface area contributed by atoms with Crippen molar-refractivity contribution in [2.75, 3.05) is 51.9 Å². The van der Waals surface area contributed by atoms with Crippen LogP contribution in [0.1, 0.15) is 56.4 Å². The lowest BCUT2D eigenvalue weighted by Gasteiger charge is -2.60. The Balaban J connectivity index is 1.18. The Hall–Kier alpha value is -7.22. The lowest BCUT2D eigenvalue weighted by atomic mass is 9.82. The summed E-state index contributed by atoms with van der Waals surface area (Å²) in [5.74, 6) is 0.782. The number of carbonyl (C=O) groups excluding carboxylic acids is 4. The van der Waals surface area contributed by atoms with Gasteiger partial charge in [-0.25, -0.2) is 37.1 Å². The lowest BCUT2D eigenvalue weighted by Crippen LogP contribution is -2.74. The van der Waals surface area contributed by atoms with Gasteiger partial charge in [0.2, 0.25) is 5.91 Å². The Morgan fingerprint density at radius 1 is 0.840 bits per heavy atom. The Bertz CT molecular complexity index is 2910. The SMILES string of the molecule is CNC(=O)O[C@H](C(=O)NN(Cc1c(F)cc(-c2ccn(CC(F)F)n2)cc1F)C[C@H](O)[C@H](Cc1ccc(C#Cc2ccc(N3C[C@@H]4C[C@@H](C3)N4C3COC3)nc2)cc1)NC(=O)[C@@H](NC(=O)OC)C(C)(C)C(F)(F)F)C(C)(C)C(F)(F)F. The number of hydrazine groups is 1. The van der Waals surface area contributed by atoms with E-state index in [9.17, 15) is 59.4 Å². The number of aromatic nitrogens is 3. The molecule has 0 unspecified atom stereocenters. The number of nitrogens with one attached hydrogen (secondary N) is 4. The number of rotatable bonds is 20. The molecule has 6 atom stereocenters. The van der Waals surface area contributed by atoms with Crippen LogP contribution in [-0.2, 0) is 43.3 Å². The number of hydrogen-bond acceptors (Lipinski definition) is 13. The van der Waals surface area contributed by atoms with Crippen molar-refractivity contribution in [3.63, 3.8) is 0 Å². The number of aliphatic hydroxyl groups excluding tert-OH is 1. The topological polar surface area (TPSA) is 205 Å². The van der Waals surface area contributed by atoms with Gasteiger partial charge < -0.3 is 40.2 Å². The smallest absolute Gasteiger partial charge is 0.407 e. The number of methoxy groups -OCH3 is 1. The molecule has 4 saturated heterocycles. The van der Waals surface area contributed by atoms with Crippen LogP contribution in [-0.4, -0.2) is 162 Å². The van der Waals surface area contributed by atoms with E-state index in [1.54, 1.807) is 18.3 Å². The van der Waals surface area contributed by atoms with Crippen LogP contribution < -0.4 is 26.3 Å². The highest BCUT2D eigenvalue weighted by molar-refractivity contribution is 5.87. The molecule has 0 spiro atoms. The van der Waals surface area contributed by atoms with Crippen molar-refractivity contribution in [1.29, 1.82) is 0 Å². The molecule has 2 aromatic carbocycles. The first kappa shape index (κ1) is 61.4. The fraction of sp³-hybridized carbons (Fsp3) is 0.509. The molecule has 0 saturated carbocycles. The second-order valence-corrected chi connectivity index (χ2v) is 21.0. The highest BCUT2D eigenvalue weighted by Crippen LogP contribution is 2.43. The van der Waals surface area contributed by atoms with Gasteiger partial charge in [0.25, 0.3) is 12.3 Å². The van der Waals surface area contributed by atoms with Gasteiger partial charge in [0, 0.05) is 80.0 Å². The summed E-state index contributed by atoms with van der Waals surface area (Å²) < 4.78 is 161. The number of carbonyl (C=O) groups is 4. The van der Waals surface area contributed by atoms with Gasteiger partial charge in [0.05, 0.1) is 49.6 Å². The summed E-state index contributed by atoms with van der Waals surface area (Å²) >= 11 is 0. The van der Waals surface area contributed by atoms with Gasteiger partial charge in [0.15, 0.2) is 6.10 Å². The maximum atomic E-state index is 16.1. The van der Waals surface area contributed by atoms with Gasteiger partial charge in [0.1, 0.15) is 35.5 Å². The number of halogens is 10. The first-order valence-electron chi connectivity index (χ1n) is 25.4. The van der Waals surface area contributed by atoms with E-state index >= 15 is 8.78 Å². The molecule has 2 bridgehead atoms. The predicted octanol–water partition coefficient (Wildman–Crippen LogP) is 6.10. The van der Waals surface area contributed by atoms with Crippen molar-refractivity contribution in [3.8, 4) is 23.1 Å². The van der Waals surface area contributed by atoms with Gasteiger partial charge in [-0.3, -0.25) is 24.6 Å². The Labute approximate surface area is 458 Å². The number of nitrogens with zero attached hydrogens (tertiary/aromatic N) is 6. The third-order valence-electron chi connectivity index (χ3n) is 14.6. The molecular weight excluding hydrogens is 1090 g/mol. The van der Waals surface area contributed by atoms with Crippen LogP contribution in [0.5, 0.6) is 0 Å². The Kier molecular flexibility index (Phi) is 18.9. The number of hydrogen-bond donors (Lipinski definition) is 5. The Morgan fingerprint density at radius 2 is 1.46 bits per heavy atom. The third-order valence-corrected chi connectivity index (χ3v) is 14.6. The first-order valence-corrected chi connectivity index (χ1v) is 25.4. The van der Waals surface area contributed by atoms with E-state index in [0.717, 1.165) is 75.7 Å². The van der Waals surface area contributed by atoms with Crippen molar-refractivity contribution in [2.45, 2.75) is 115 Å². The molecular formula is C53H60F10N10O8. The summed E-state index contributed by atoms with van der Waals surface area (Å²) in [5.41, 5.74) is -4.22. The minimum Gasteiger partial charge on any atom is -0.453 e.